The van der Waals surface area contributed by atoms with Crippen molar-refractivity contribution in [3.05, 3.63) is 24.2 Å². The summed E-state index contributed by atoms with van der Waals surface area (Å²) in [5, 5.41) is 3.84. The van der Waals surface area contributed by atoms with Crippen molar-refractivity contribution in [2.24, 2.45) is 5.73 Å². The van der Waals surface area contributed by atoms with Gasteiger partial charge in [-0.25, -0.2) is 4.98 Å². The van der Waals surface area contributed by atoms with E-state index in [1.54, 1.807) is 13.3 Å². The Labute approximate surface area is 123 Å². The lowest BCUT2D eigenvalue weighted by molar-refractivity contribution is 0.174. The average molecular weight is 289 g/mol. The van der Waals surface area contributed by atoms with Gasteiger partial charge < -0.3 is 19.9 Å². The first-order chi connectivity index (χ1) is 10.3. The van der Waals surface area contributed by atoms with Crippen LogP contribution in [0.2, 0.25) is 0 Å². The topological polar surface area (TPSA) is 90.3 Å². The molecule has 1 aliphatic rings. The molecule has 7 nitrogen and oxygen atoms in total. The van der Waals surface area contributed by atoms with Crippen molar-refractivity contribution in [3.8, 4) is 11.5 Å². The van der Waals surface area contributed by atoms with E-state index in [2.05, 4.69) is 20.0 Å². The number of pyridine rings is 1. The number of methoxy groups -OCH3 is 1. The zero-order valence-corrected chi connectivity index (χ0v) is 12.0. The first-order valence-corrected chi connectivity index (χ1v) is 7.05. The van der Waals surface area contributed by atoms with Gasteiger partial charge in [-0.15, -0.1) is 0 Å². The predicted molar refractivity (Wildman–Crippen MR) is 77.7 cm³/mol. The van der Waals surface area contributed by atoms with Crippen molar-refractivity contribution in [2.45, 2.75) is 25.5 Å². The normalized spacial score (nSPS) is 19.0. The van der Waals surface area contributed by atoms with E-state index in [4.69, 9.17) is 15.0 Å². The van der Waals surface area contributed by atoms with E-state index in [0.29, 0.717) is 18.3 Å². The molecule has 1 saturated heterocycles. The molecular formula is C14H19N5O2. The van der Waals surface area contributed by atoms with Gasteiger partial charge in [-0.1, -0.05) is 5.16 Å². The molecule has 7 heteroatoms. The van der Waals surface area contributed by atoms with Crippen molar-refractivity contribution in [1.82, 2.24) is 15.1 Å². The minimum atomic E-state index is 0.229. The summed E-state index contributed by atoms with van der Waals surface area (Å²) in [6.07, 6.45) is 3.94. The number of piperidine rings is 1. The molecule has 0 radical (unpaired) electrons. The lowest BCUT2D eigenvalue weighted by atomic mass is 10.1. The number of nitrogens with two attached hydrogens (primary N) is 1. The molecule has 1 unspecified atom stereocenters. The van der Waals surface area contributed by atoms with Crippen molar-refractivity contribution in [3.63, 3.8) is 0 Å². The summed E-state index contributed by atoms with van der Waals surface area (Å²) in [7, 11) is 1.59. The Balaban J connectivity index is 1.73. The highest BCUT2D eigenvalue weighted by Gasteiger charge is 2.18. The van der Waals surface area contributed by atoms with Gasteiger partial charge in [-0.3, -0.25) is 0 Å². The fourth-order valence-electron chi connectivity index (χ4n) is 2.48. The minimum Gasteiger partial charge on any atom is -0.377 e. The third-order valence-corrected chi connectivity index (χ3v) is 3.52. The maximum Gasteiger partial charge on any atom is 0.259 e. The molecule has 0 amide bonds. The van der Waals surface area contributed by atoms with E-state index in [9.17, 15) is 0 Å². The fourth-order valence-corrected chi connectivity index (χ4v) is 2.48. The second-order valence-electron chi connectivity index (χ2n) is 5.20. The molecule has 3 rings (SSSR count). The minimum absolute atomic E-state index is 0.229. The summed E-state index contributed by atoms with van der Waals surface area (Å²) in [6, 6.07) is 4.13. The summed E-state index contributed by atoms with van der Waals surface area (Å²) in [4.78, 5) is 10.9. The zero-order valence-electron chi connectivity index (χ0n) is 12.0. The number of nitrogens with zero attached hydrogens (tertiary/aromatic N) is 4. The van der Waals surface area contributed by atoms with Crippen LogP contribution in [0.5, 0.6) is 0 Å². The Morgan fingerprint density at radius 1 is 1.48 bits per heavy atom. The molecule has 2 aromatic heterocycles. The van der Waals surface area contributed by atoms with Crippen LogP contribution in [-0.2, 0) is 11.3 Å². The first kappa shape index (κ1) is 14.0. The largest absolute Gasteiger partial charge is 0.377 e. The lowest BCUT2D eigenvalue weighted by Gasteiger charge is -2.31. The molecule has 1 atom stereocenters. The molecule has 0 saturated carbocycles. The maximum atomic E-state index is 6.00. The van der Waals surface area contributed by atoms with Gasteiger partial charge in [0.15, 0.2) is 5.82 Å². The molecule has 1 fully saturated rings. The van der Waals surface area contributed by atoms with E-state index in [1.165, 1.54) is 0 Å². The van der Waals surface area contributed by atoms with Gasteiger partial charge >= 0.3 is 0 Å². The van der Waals surface area contributed by atoms with Gasteiger partial charge in [0.05, 0.1) is 5.56 Å². The van der Waals surface area contributed by atoms with Gasteiger partial charge in [0.25, 0.3) is 5.89 Å². The Hall–Kier alpha value is -1.99. The molecule has 1 aliphatic heterocycles. The summed E-state index contributed by atoms with van der Waals surface area (Å²) in [5.41, 5.74) is 6.80. The molecule has 2 aromatic rings. The van der Waals surface area contributed by atoms with Crippen LogP contribution in [0.15, 0.2) is 22.9 Å². The zero-order chi connectivity index (χ0) is 14.7. The van der Waals surface area contributed by atoms with Gasteiger partial charge in [0, 0.05) is 32.4 Å². The summed E-state index contributed by atoms with van der Waals surface area (Å²) in [6.45, 7) is 2.18. The number of ether oxygens (including phenoxy) is 1. The number of anilines is 1. The van der Waals surface area contributed by atoms with Crippen LogP contribution in [0, 0.1) is 0 Å². The molecule has 112 valence electrons. The van der Waals surface area contributed by atoms with E-state index < -0.39 is 0 Å². The van der Waals surface area contributed by atoms with Gasteiger partial charge in [0.2, 0.25) is 0 Å². The average Bonchev–Trinajstić information content (AvgIpc) is 2.97. The van der Waals surface area contributed by atoms with Gasteiger partial charge in [-0.2, -0.15) is 4.98 Å². The van der Waals surface area contributed by atoms with Crippen molar-refractivity contribution < 1.29 is 9.26 Å². The van der Waals surface area contributed by atoms with Crippen LogP contribution in [0.1, 0.15) is 18.7 Å². The highest BCUT2D eigenvalue weighted by Crippen LogP contribution is 2.21. The van der Waals surface area contributed by atoms with Crippen LogP contribution in [-0.4, -0.2) is 41.4 Å². The molecule has 21 heavy (non-hydrogen) atoms. The predicted octanol–water partition coefficient (Wildman–Crippen LogP) is 1.21. The van der Waals surface area contributed by atoms with Crippen molar-refractivity contribution in [2.75, 3.05) is 25.1 Å². The number of aromatic nitrogens is 3. The Bertz CT molecular complexity index is 583. The SMILES string of the molecule is COCc1noc(-c2ccc(N3CCCC(N)C3)nc2)n1. The molecule has 2 N–H and O–H groups in total. The van der Waals surface area contributed by atoms with Gasteiger partial charge in [-0.05, 0) is 25.0 Å². The molecule has 0 spiro atoms. The van der Waals surface area contributed by atoms with Crippen LogP contribution in [0.4, 0.5) is 5.82 Å². The van der Waals surface area contributed by atoms with Gasteiger partial charge in [0.1, 0.15) is 12.4 Å². The highest BCUT2D eigenvalue weighted by atomic mass is 16.5. The van der Waals surface area contributed by atoms with Crippen LogP contribution >= 0.6 is 0 Å². The summed E-state index contributed by atoms with van der Waals surface area (Å²) in [5.74, 6) is 1.92. The smallest absolute Gasteiger partial charge is 0.259 e. The van der Waals surface area contributed by atoms with Crippen molar-refractivity contribution >= 4 is 5.82 Å². The highest BCUT2D eigenvalue weighted by molar-refractivity contribution is 5.54. The third-order valence-electron chi connectivity index (χ3n) is 3.52. The number of hydrogen-bond donors (Lipinski definition) is 1. The second-order valence-corrected chi connectivity index (χ2v) is 5.20. The molecule has 3 heterocycles. The molecule has 0 aromatic carbocycles. The number of hydrogen-bond acceptors (Lipinski definition) is 7. The van der Waals surface area contributed by atoms with E-state index in [1.807, 2.05) is 12.1 Å². The molecule has 0 bridgehead atoms. The fraction of sp³-hybridized carbons (Fsp3) is 0.500. The van der Waals surface area contributed by atoms with Crippen LogP contribution in [0.25, 0.3) is 11.5 Å². The maximum absolute atomic E-state index is 6.00. The lowest BCUT2D eigenvalue weighted by Crippen LogP contribution is -2.43. The third kappa shape index (κ3) is 3.20. The van der Waals surface area contributed by atoms with E-state index in [0.717, 1.165) is 37.3 Å². The Morgan fingerprint density at radius 2 is 2.38 bits per heavy atom. The summed E-state index contributed by atoms with van der Waals surface area (Å²) >= 11 is 0. The second kappa shape index (κ2) is 6.19. The Kier molecular flexibility index (Phi) is 4.12. The summed E-state index contributed by atoms with van der Waals surface area (Å²) < 4.78 is 10.2. The van der Waals surface area contributed by atoms with Crippen LogP contribution < -0.4 is 10.6 Å². The van der Waals surface area contributed by atoms with E-state index in [-0.39, 0.29) is 6.04 Å². The van der Waals surface area contributed by atoms with E-state index >= 15 is 0 Å². The Morgan fingerprint density at radius 3 is 3.10 bits per heavy atom. The quantitative estimate of drug-likeness (QED) is 0.904. The first-order valence-electron chi connectivity index (χ1n) is 7.05. The molecule has 0 aliphatic carbocycles. The molecular weight excluding hydrogens is 270 g/mol. The monoisotopic (exact) mass is 289 g/mol. The number of rotatable bonds is 4. The standard InChI is InChI=1S/C14H19N5O2/c1-20-9-12-17-14(21-18-12)10-4-5-13(16-7-10)19-6-2-3-11(15)8-19/h4-5,7,11H,2-3,6,8-9,15H2,1H3. The van der Waals surface area contributed by atoms with Crippen LogP contribution in [0.3, 0.4) is 0 Å². The van der Waals surface area contributed by atoms with Crippen molar-refractivity contribution in [1.29, 1.82) is 0 Å².